The quantitative estimate of drug-likeness (QED) is 0.803. The van der Waals surface area contributed by atoms with E-state index in [1.165, 1.54) is 10.5 Å². The summed E-state index contributed by atoms with van der Waals surface area (Å²) in [6, 6.07) is 11.4. The number of halogens is 1. The van der Waals surface area contributed by atoms with Crippen LogP contribution in [0.15, 0.2) is 58.6 Å². The first-order valence-corrected chi connectivity index (χ1v) is 6.61. The highest BCUT2D eigenvalue weighted by atomic mass is 32.2. The standard InChI is InChI=1S/C14H9FN2O2S/c15-9-5-1-2-6-10(9)20-13-12(14(18)19)17-8-4-3-7-11(17)16-13/h1-8H,(H,18,19). The van der Waals surface area contributed by atoms with Gasteiger partial charge in [0, 0.05) is 11.1 Å². The number of nitrogens with zero attached hydrogens (tertiary/aromatic N) is 2. The van der Waals surface area contributed by atoms with Gasteiger partial charge in [-0.25, -0.2) is 14.2 Å². The molecule has 0 bridgehead atoms. The van der Waals surface area contributed by atoms with Gasteiger partial charge in [0.05, 0.1) is 0 Å². The monoisotopic (exact) mass is 288 g/mol. The maximum Gasteiger partial charge on any atom is 0.355 e. The van der Waals surface area contributed by atoms with Crippen LogP contribution < -0.4 is 0 Å². The second-order valence-electron chi connectivity index (χ2n) is 4.03. The molecule has 0 unspecified atom stereocenters. The van der Waals surface area contributed by atoms with E-state index in [0.717, 1.165) is 11.8 Å². The molecule has 0 fully saturated rings. The van der Waals surface area contributed by atoms with Crippen molar-refractivity contribution in [3.8, 4) is 0 Å². The van der Waals surface area contributed by atoms with Crippen LogP contribution in [0.5, 0.6) is 0 Å². The summed E-state index contributed by atoms with van der Waals surface area (Å²) in [5.74, 6) is -1.49. The minimum absolute atomic E-state index is 0.0360. The van der Waals surface area contributed by atoms with Crippen molar-refractivity contribution < 1.29 is 14.3 Å². The first-order valence-electron chi connectivity index (χ1n) is 5.79. The lowest BCUT2D eigenvalue weighted by molar-refractivity contribution is 0.0685. The lowest BCUT2D eigenvalue weighted by Gasteiger charge is -2.01. The van der Waals surface area contributed by atoms with Crippen molar-refractivity contribution >= 4 is 23.4 Å². The molecule has 0 radical (unpaired) electrons. The number of pyridine rings is 1. The summed E-state index contributed by atoms with van der Waals surface area (Å²) in [5, 5.41) is 9.60. The maximum atomic E-state index is 13.7. The Labute approximate surface area is 117 Å². The highest BCUT2D eigenvalue weighted by Gasteiger charge is 2.20. The molecule has 0 amide bonds. The highest BCUT2D eigenvalue weighted by molar-refractivity contribution is 7.99. The van der Waals surface area contributed by atoms with Crippen LogP contribution >= 0.6 is 11.8 Å². The second-order valence-corrected chi connectivity index (χ2v) is 5.06. The molecule has 6 heteroatoms. The van der Waals surface area contributed by atoms with Gasteiger partial charge in [-0.2, -0.15) is 0 Å². The summed E-state index contributed by atoms with van der Waals surface area (Å²) in [7, 11) is 0. The van der Waals surface area contributed by atoms with Crippen LogP contribution in [0.3, 0.4) is 0 Å². The van der Waals surface area contributed by atoms with E-state index in [9.17, 15) is 14.3 Å². The van der Waals surface area contributed by atoms with Crippen molar-refractivity contribution in [2.24, 2.45) is 0 Å². The number of hydrogen-bond acceptors (Lipinski definition) is 3. The molecule has 0 aliphatic heterocycles. The first kappa shape index (κ1) is 12.7. The first-order chi connectivity index (χ1) is 9.66. The van der Waals surface area contributed by atoms with Crippen LogP contribution in [0.4, 0.5) is 4.39 Å². The summed E-state index contributed by atoms with van der Waals surface area (Å²) in [6.45, 7) is 0. The number of rotatable bonds is 3. The number of carbonyl (C=O) groups is 1. The van der Waals surface area contributed by atoms with Crippen molar-refractivity contribution in [3.05, 3.63) is 60.2 Å². The highest BCUT2D eigenvalue weighted by Crippen LogP contribution is 2.32. The van der Waals surface area contributed by atoms with Gasteiger partial charge in [-0.15, -0.1) is 0 Å². The number of carboxylic acid groups (broad SMARTS) is 1. The average molecular weight is 288 g/mol. The Balaban J connectivity index is 2.14. The molecule has 0 spiro atoms. The molecule has 3 aromatic rings. The summed E-state index contributed by atoms with van der Waals surface area (Å²) in [5.41, 5.74) is 0.553. The van der Waals surface area contributed by atoms with E-state index < -0.39 is 11.8 Å². The lowest BCUT2D eigenvalue weighted by Crippen LogP contribution is -2.02. The van der Waals surface area contributed by atoms with Crippen molar-refractivity contribution in [2.45, 2.75) is 9.92 Å². The van der Waals surface area contributed by atoms with E-state index in [1.54, 1.807) is 42.6 Å². The van der Waals surface area contributed by atoms with Crippen LogP contribution in [0, 0.1) is 5.82 Å². The minimum Gasteiger partial charge on any atom is -0.476 e. The van der Waals surface area contributed by atoms with Gasteiger partial charge < -0.3 is 5.11 Å². The maximum absolute atomic E-state index is 13.7. The molecule has 0 aliphatic rings. The predicted molar refractivity (Wildman–Crippen MR) is 72.7 cm³/mol. The summed E-state index contributed by atoms with van der Waals surface area (Å²) in [6.07, 6.45) is 1.62. The van der Waals surface area contributed by atoms with E-state index in [-0.39, 0.29) is 10.7 Å². The van der Waals surface area contributed by atoms with E-state index in [1.807, 2.05) is 0 Å². The van der Waals surface area contributed by atoms with Crippen molar-refractivity contribution in [2.75, 3.05) is 0 Å². The molecule has 1 N–H and O–H groups in total. The van der Waals surface area contributed by atoms with Gasteiger partial charge in [0.15, 0.2) is 5.69 Å². The average Bonchev–Trinajstić information content (AvgIpc) is 2.79. The van der Waals surface area contributed by atoms with E-state index in [4.69, 9.17) is 0 Å². The minimum atomic E-state index is -1.09. The number of aromatic nitrogens is 2. The topological polar surface area (TPSA) is 54.6 Å². The number of imidazole rings is 1. The fourth-order valence-electron chi connectivity index (χ4n) is 1.87. The van der Waals surface area contributed by atoms with Gasteiger partial charge in [0.2, 0.25) is 0 Å². The molecule has 0 aliphatic carbocycles. The predicted octanol–water partition coefficient (Wildman–Crippen LogP) is 3.32. The Kier molecular flexibility index (Phi) is 3.15. The molecule has 100 valence electrons. The van der Waals surface area contributed by atoms with Crippen LogP contribution in [-0.2, 0) is 0 Å². The number of carboxylic acids is 1. The Morgan fingerprint density at radius 2 is 1.95 bits per heavy atom. The van der Waals surface area contributed by atoms with Gasteiger partial charge in [-0.3, -0.25) is 4.40 Å². The van der Waals surface area contributed by atoms with Crippen molar-refractivity contribution in [1.82, 2.24) is 9.38 Å². The molecule has 4 nitrogen and oxygen atoms in total. The normalized spacial score (nSPS) is 10.8. The van der Waals surface area contributed by atoms with Crippen molar-refractivity contribution in [3.63, 3.8) is 0 Å². The zero-order valence-corrected chi connectivity index (χ0v) is 11.0. The van der Waals surface area contributed by atoms with Crippen LogP contribution in [-0.4, -0.2) is 20.5 Å². The van der Waals surface area contributed by atoms with Gasteiger partial charge in [-0.05, 0) is 24.3 Å². The third kappa shape index (κ3) is 2.14. The molecule has 2 heterocycles. The zero-order chi connectivity index (χ0) is 14.1. The second kappa shape index (κ2) is 4.97. The Morgan fingerprint density at radius 3 is 2.70 bits per heavy atom. The van der Waals surface area contributed by atoms with Crippen LogP contribution in [0.25, 0.3) is 5.65 Å². The van der Waals surface area contributed by atoms with E-state index in [0.29, 0.717) is 10.5 Å². The van der Waals surface area contributed by atoms with Crippen LogP contribution in [0.1, 0.15) is 10.5 Å². The molecular weight excluding hydrogens is 279 g/mol. The molecule has 3 rings (SSSR count). The Morgan fingerprint density at radius 1 is 1.20 bits per heavy atom. The molecule has 0 saturated heterocycles. The number of hydrogen-bond donors (Lipinski definition) is 1. The van der Waals surface area contributed by atoms with Gasteiger partial charge in [0.25, 0.3) is 0 Å². The molecule has 0 saturated carbocycles. The Hall–Kier alpha value is -2.34. The number of benzene rings is 1. The number of fused-ring (bicyclic) bond motifs is 1. The van der Waals surface area contributed by atoms with Crippen molar-refractivity contribution in [1.29, 1.82) is 0 Å². The summed E-state index contributed by atoms with van der Waals surface area (Å²) >= 11 is 1.01. The third-order valence-corrected chi connectivity index (χ3v) is 3.77. The molecular formula is C14H9FN2O2S. The fourth-order valence-corrected chi connectivity index (χ4v) is 2.81. The fraction of sp³-hybridized carbons (Fsp3) is 0. The SMILES string of the molecule is O=C(O)c1c(Sc2ccccc2F)nc2ccccn12. The number of aromatic carboxylic acids is 1. The summed E-state index contributed by atoms with van der Waals surface area (Å²) in [4.78, 5) is 16.0. The Bertz CT molecular complexity index is 801. The molecule has 20 heavy (non-hydrogen) atoms. The molecule has 2 aromatic heterocycles. The van der Waals surface area contributed by atoms with Gasteiger partial charge in [-0.1, -0.05) is 30.0 Å². The van der Waals surface area contributed by atoms with E-state index >= 15 is 0 Å². The molecule has 0 atom stereocenters. The smallest absolute Gasteiger partial charge is 0.355 e. The lowest BCUT2D eigenvalue weighted by atomic mass is 10.3. The zero-order valence-electron chi connectivity index (χ0n) is 10.2. The van der Waals surface area contributed by atoms with Gasteiger partial charge >= 0.3 is 5.97 Å². The third-order valence-electron chi connectivity index (χ3n) is 2.74. The van der Waals surface area contributed by atoms with Gasteiger partial charge in [0.1, 0.15) is 16.5 Å². The largest absolute Gasteiger partial charge is 0.476 e. The summed E-state index contributed by atoms with van der Waals surface area (Å²) < 4.78 is 15.1. The van der Waals surface area contributed by atoms with Crippen LogP contribution in [0.2, 0.25) is 0 Å². The van der Waals surface area contributed by atoms with E-state index in [2.05, 4.69) is 4.98 Å². The molecule has 1 aromatic carbocycles.